The number of nitrogens with two attached hydrogens (primary N) is 1. The Morgan fingerprint density at radius 3 is 3.20 bits per heavy atom. The number of hydrogen-bond donors (Lipinski definition) is 3. The summed E-state index contributed by atoms with van der Waals surface area (Å²) in [6, 6.07) is 5.58. The van der Waals surface area contributed by atoms with Gasteiger partial charge >= 0.3 is 0 Å². The molecule has 0 radical (unpaired) electrons. The molecule has 0 saturated carbocycles. The van der Waals surface area contributed by atoms with Crippen molar-refractivity contribution in [1.29, 1.82) is 0 Å². The smallest absolute Gasteiger partial charge is 0.275 e. The minimum absolute atomic E-state index is 0.219. The molecule has 0 bridgehead atoms. The maximum absolute atomic E-state index is 12.1. The summed E-state index contributed by atoms with van der Waals surface area (Å²) in [7, 11) is 0. The van der Waals surface area contributed by atoms with E-state index < -0.39 is 0 Å². The van der Waals surface area contributed by atoms with Gasteiger partial charge in [0.25, 0.3) is 5.91 Å². The Bertz CT molecular complexity index is 748. The zero-order chi connectivity index (χ0) is 13.9. The van der Waals surface area contributed by atoms with Crippen LogP contribution in [0.3, 0.4) is 0 Å². The first kappa shape index (κ1) is 12.8. The van der Waals surface area contributed by atoms with Gasteiger partial charge in [-0.1, -0.05) is 0 Å². The molecule has 1 aromatic carbocycles. The van der Waals surface area contributed by atoms with E-state index in [4.69, 9.17) is 5.73 Å². The van der Waals surface area contributed by atoms with Crippen molar-refractivity contribution < 1.29 is 4.79 Å². The average Bonchev–Trinajstić information content (AvgIpc) is 3.07. The Morgan fingerprint density at radius 2 is 2.35 bits per heavy atom. The topological polar surface area (TPSA) is 96.7 Å². The van der Waals surface area contributed by atoms with Gasteiger partial charge in [-0.3, -0.25) is 9.89 Å². The molecule has 20 heavy (non-hydrogen) atoms. The number of nitrogens with zero attached hydrogens (tertiary/aromatic N) is 2. The number of nitrogens with one attached hydrogen (secondary N) is 2. The number of aromatic amines is 1. The molecule has 2 aromatic heterocycles. The summed E-state index contributed by atoms with van der Waals surface area (Å²) in [6.45, 7) is 0.533. The zero-order valence-electron chi connectivity index (χ0n) is 10.6. The van der Waals surface area contributed by atoms with E-state index in [0.717, 1.165) is 15.9 Å². The summed E-state index contributed by atoms with van der Waals surface area (Å²) < 4.78 is 0. The molecule has 0 aliphatic rings. The van der Waals surface area contributed by atoms with E-state index in [9.17, 15) is 4.79 Å². The number of carbonyl (C=O) groups is 1. The third kappa shape index (κ3) is 2.54. The quantitative estimate of drug-likeness (QED) is 0.681. The van der Waals surface area contributed by atoms with Crippen molar-refractivity contribution in [2.24, 2.45) is 5.73 Å². The van der Waals surface area contributed by atoms with Crippen LogP contribution in [0.1, 0.15) is 15.5 Å². The highest BCUT2D eigenvalue weighted by Crippen LogP contribution is 2.18. The molecule has 0 aliphatic carbocycles. The van der Waals surface area contributed by atoms with Crippen LogP contribution < -0.4 is 11.1 Å². The fourth-order valence-electron chi connectivity index (χ4n) is 1.86. The van der Waals surface area contributed by atoms with Crippen molar-refractivity contribution >= 4 is 33.8 Å². The summed E-state index contributed by atoms with van der Waals surface area (Å²) in [5.41, 5.74) is 7.48. The molecule has 7 heteroatoms. The standard InChI is InChI=1S/C13H13N5OS/c14-4-3-12-17-11(7-20-12)13(19)16-9-2-1-8-6-15-18-10(8)5-9/h1-2,5-7H,3-4,14H2,(H,15,18)(H,16,19). The second-order valence-electron chi connectivity index (χ2n) is 4.29. The third-order valence-electron chi connectivity index (χ3n) is 2.84. The molecule has 3 rings (SSSR count). The van der Waals surface area contributed by atoms with Crippen LogP contribution in [-0.2, 0) is 6.42 Å². The lowest BCUT2D eigenvalue weighted by Crippen LogP contribution is -2.12. The van der Waals surface area contributed by atoms with Crippen LogP contribution in [-0.4, -0.2) is 27.6 Å². The number of hydrogen-bond acceptors (Lipinski definition) is 5. The fraction of sp³-hybridized carbons (Fsp3) is 0.154. The number of H-pyrrole nitrogens is 1. The third-order valence-corrected chi connectivity index (χ3v) is 3.75. The second kappa shape index (κ2) is 5.40. The van der Waals surface area contributed by atoms with Gasteiger partial charge in [0, 0.05) is 22.9 Å². The number of amides is 1. The molecule has 0 unspecified atom stereocenters. The number of benzene rings is 1. The van der Waals surface area contributed by atoms with E-state index in [1.165, 1.54) is 11.3 Å². The van der Waals surface area contributed by atoms with Crippen molar-refractivity contribution in [1.82, 2.24) is 15.2 Å². The number of anilines is 1. The van der Waals surface area contributed by atoms with Gasteiger partial charge in [0.1, 0.15) is 5.69 Å². The predicted octanol–water partition coefficient (Wildman–Crippen LogP) is 1.77. The van der Waals surface area contributed by atoms with Crippen LogP contribution in [0, 0.1) is 0 Å². The Labute approximate surface area is 119 Å². The highest BCUT2D eigenvalue weighted by Gasteiger charge is 2.11. The summed E-state index contributed by atoms with van der Waals surface area (Å²) >= 11 is 1.45. The Morgan fingerprint density at radius 1 is 1.45 bits per heavy atom. The maximum atomic E-state index is 12.1. The van der Waals surface area contributed by atoms with E-state index in [-0.39, 0.29) is 5.91 Å². The van der Waals surface area contributed by atoms with E-state index in [1.54, 1.807) is 11.6 Å². The Hall–Kier alpha value is -2.25. The highest BCUT2D eigenvalue weighted by molar-refractivity contribution is 7.09. The van der Waals surface area contributed by atoms with Gasteiger partial charge in [-0.25, -0.2) is 4.98 Å². The number of fused-ring (bicyclic) bond motifs is 1. The molecule has 4 N–H and O–H groups in total. The van der Waals surface area contributed by atoms with Crippen molar-refractivity contribution in [3.8, 4) is 0 Å². The monoisotopic (exact) mass is 287 g/mol. The van der Waals surface area contributed by atoms with Gasteiger partial charge in [0.05, 0.1) is 16.7 Å². The average molecular weight is 287 g/mol. The molecule has 0 saturated heterocycles. The number of rotatable bonds is 4. The minimum Gasteiger partial charge on any atom is -0.330 e. The first-order valence-electron chi connectivity index (χ1n) is 6.15. The van der Waals surface area contributed by atoms with Crippen LogP contribution in [0.4, 0.5) is 5.69 Å². The van der Waals surface area contributed by atoms with Crippen LogP contribution in [0.5, 0.6) is 0 Å². The number of aromatic nitrogens is 3. The molecule has 0 spiro atoms. The summed E-state index contributed by atoms with van der Waals surface area (Å²) in [6.07, 6.45) is 2.43. The largest absolute Gasteiger partial charge is 0.330 e. The van der Waals surface area contributed by atoms with Crippen LogP contribution in [0.15, 0.2) is 29.8 Å². The van der Waals surface area contributed by atoms with Crippen molar-refractivity contribution in [2.75, 3.05) is 11.9 Å². The fourth-order valence-corrected chi connectivity index (χ4v) is 2.66. The lowest BCUT2D eigenvalue weighted by atomic mass is 10.2. The lowest BCUT2D eigenvalue weighted by Gasteiger charge is -2.02. The maximum Gasteiger partial charge on any atom is 0.275 e. The molecule has 1 amide bonds. The van der Waals surface area contributed by atoms with Crippen LogP contribution >= 0.6 is 11.3 Å². The Balaban J connectivity index is 1.76. The Kier molecular flexibility index (Phi) is 3.44. The molecule has 2 heterocycles. The van der Waals surface area contributed by atoms with Gasteiger partial charge in [-0.15, -0.1) is 11.3 Å². The molecule has 0 fully saturated rings. The minimum atomic E-state index is -0.219. The summed E-state index contributed by atoms with van der Waals surface area (Å²) in [5.74, 6) is -0.219. The SMILES string of the molecule is NCCc1nc(C(=O)Nc2ccc3cn[nH]c3c2)cs1. The van der Waals surface area contributed by atoms with Crippen LogP contribution in [0.2, 0.25) is 0 Å². The highest BCUT2D eigenvalue weighted by atomic mass is 32.1. The van der Waals surface area contributed by atoms with Gasteiger partial charge in [-0.2, -0.15) is 5.10 Å². The molecule has 102 valence electrons. The van der Waals surface area contributed by atoms with Gasteiger partial charge in [0.15, 0.2) is 0 Å². The van der Waals surface area contributed by atoms with Gasteiger partial charge in [0.2, 0.25) is 0 Å². The zero-order valence-corrected chi connectivity index (χ0v) is 11.4. The molecule has 3 aromatic rings. The predicted molar refractivity (Wildman–Crippen MR) is 78.9 cm³/mol. The van der Waals surface area contributed by atoms with E-state index in [0.29, 0.717) is 24.3 Å². The van der Waals surface area contributed by atoms with Crippen molar-refractivity contribution in [2.45, 2.75) is 6.42 Å². The molecular weight excluding hydrogens is 274 g/mol. The molecular formula is C13H13N5OS. The number of carbonyl (C=O) groups excluding carboxylic acids is 1. The lowest BCUT2D eigenvalue weighted by molar-refractivity contribution is 0.102. The molecule has 6 nitrogen and oxygen atoms in total. The molecule has 0 atom stereocenters. The van der Waals surface area contributed by atoms with E-state index >= 15 is 0 Å². The van der Waals surface area contributed by atoms with Gasteiger partial charge in [-0.05, 0) is 24.7 Å². The number of thiazole rings is 1. The van der Waals surface area contributed by atoms with Gasteiger partial charge < -0.3 is 11.1 Å². The summed E-state index contributed by atoms with van der Waals surface area (Å²) in [4.78, 5) is 16.3. The molecule has 0 aliphatic heterocycles. The van der Waals surface area contributed by atoms with E-state index in [1.807, 2.05) is 18.2 Å². The normalized spacial score (nSPS) is 10.8. The first-order valence-corrected chi connectivity index (χ1v) is 7.03. The summed E-state index contributed by atoms with van der Waals surface area (Å²) in [5, 5.41) is 13.3. The van der Waals surface area contributed by atoms with E-state index in [2.05, 4.69) is 20.5 Å². The van der Waals surface area contributed by atoms with Crippen molar-refractivity contribution in [3.63, 3.8) is 0 Å². The van der Waals surface area contributed by atoms with Crippen LogP contribution in [0.25, 0.3) is 10.9 Å². The van der Waals surface area contributed by atoms with Crippen molar-refractivity contribution in [3.05, 3.63) is 40.5 Å². The second-order valence-corrected chi connectivity index (χ2v) is 5.23. The first-order chi connectivity index (χ1) is 9.76.